The van der Waals surface area contributed by atoms with Crippen molar-refractivity contribution >= 4 is 11.8 Å². The number of hydrogen-bond donors (Lipinski definition) is 1. The number of methoxy groups -OCH3 is 1. The Morgan fingerprint density at radius 3 is 2.04 bits per heavy atom. The average molecular weight is 357 g/mol. The molecule has 0 bridgehead atoms. The highest BCUT2D eigenvalue weighted by molar-refractivity contribution is 5.91. The van der Waals surface area contributed by atoms with Gasteiger partial charge >= 0.3 is 5.97 Å². The van der Waals surface area contributed by atoms with Crippen LogP contribution < -0.4 is 0 Å². The van der Waals surface area contributed by atoms with Gasteiger partial charge in [0.05, 0.1) is 24.7 Å². The largest absolute Gasteiger partial charge is 0.500 e. The molecule has 0 fully saturated rings. The first-order valence-electron chi connectivity index (χ1n) is 8.99. The van der Waals surface area contributed by atoms with Crippen molar-refractivity contribution in [3.63, 3.8) is 0 Å². The maximum atomic E-state index is 12.9. The molecule has 1 N–H and O–H groups in total. The van der Waals surface area contributed by atoms with Gasteiger partial charge in [0.15, 0.2) is 5.78 Å². The summed E-state index contributed by atoms with van der Waals surface area (Å²) < 4.78 is 10.6. The number of aliphatic hydroxyl groups is 1. The molecule has 0 aromatic carbocycles. The zero-order valence-electron chi connectivity index (χ0n) is 17.3. The minimum Gasteiger partial charge on any atom is -0.500 e. The number of aliphatic hydroxyl groups excluding tert-OH is 1. The normalized spacial score (nSPS) is 16.8. The van der Waals surface area contributed by atoms with Gasteiger partial charge in [0.1, 0.15) is 11.4 Å². The lowest BCUT2D eigenvalue weighted by atomic mass is 9.75. The van der Waals surface area contributed by atoms with E-state index in [2.05, 4.69) is 0 Å². The molecule has 5 heteroatoms. The van der Waals surface area contributed by atoms with Crippen LogP contribution in [0.15, 0.2) is 11.8 Å². The van der Waals surface area contributed by atoms with Crippen LogP contribution in [0.1, 0.15) is 68.2 Å². The summed E-state index contributed by atoms with van der Waals surface area (Å²) in [5.74, 6) is -1.03. The van der Waals surface area contributed by atoms with Gasteiger partial charge in [0.2, 0.25) is 0 Å². The Labute approximate surface area is 152 Å². The fraction of sp³-hybridized carbons (Fsp3) is 0.800. The van der Waals surface area contributed by atoms with Crippen LogP contribution in [0.3, 0.4) is 0 Å². The van der Waals surface area contributed by atoms with Crippen molar-refractivity contribution in [2.45, 2.75) is 79.9 Å². The van der Waals surface area contributed by atoms with E-state index < -0.39 is 29.0 Å². The maximum absolute atomic E-state index is 12.9. The number of hydrogen-bond acceptors (Lipinski definition) is 5. The van der Waals surface area contributed by atoms with E-state index >= 15 is 0 Å². The van der Waals surface area contributed by atoms with Crippen molar-refractivity contribution in [3.8, 4) is 0 Å². The maximum Gasteiger partial charge on any atom is 0.334 e. The molecule has 146 valence electrons. The SMILES string of the molecule is CCC[C@H](C)[C@H](O)[C@@H](C)C(=O)C(C)(C)/C(=C/C(=O)OC(C)(C)C)OC. The van der Waals surface area contributed by atoms with E-state index in [4.69, 9.17) is 9.47 Å². The number of carbonyl (C=O) groups excluding carboxylic acids is 2. The molecule has 0 radical (unpaired) electrons. The minimum absolute atomic E-state index is 0.0283. The highest BCUT2D eigenvalue weighted by Gasteiger charge is 2.40. The Morgan fingerprint density at radius 2 is 1.64 bits per heavy atom. The zero-order valence-corrected chi connectivity index (χ0v) is 17.3. The van der Waals surface area contributed by atoms with Crippen molar-refractivity contribution in [1.29, 1.82) is 0 Å². The van der Waals surface area contributed by atoms with Crippen molar-refractivity contribution in [1.82, 2.24) is 0 Å². The molecule has 0 amide bonds. The van der Waals surface area contributed by atoms with Crippen LogP contribution in [-0.4, -0.2) is 35.7 Å². The van der Waals surface area contributed by atoms with Crippen molar-refractivity contribution in [2.24, 2.45) is 17.3 Å². The first kappa shape index (κ1) is 23.6. The Kier molecular flexibility index (Phi) is 8.86. The van der Waals surface area contributed by atoms with Gasteiger partial charge in [-0.15, -0.1) is 0 Å². The van der Waals surface area contributed by atoms with Gasteiger partial charge in [-0.25, -0.2) is 4.79 Å². The van der Waals surface area contributed by atoms with E-state index in [1.54, 1.807) is 41.5 Å². The summed E-state index contributed by atoms with van der Waals surface area (Å²) in [6.45, 7) is 14.4. The van der Waals surface area contributed by atoms with E-state index in [0.717, 1.165) is 12.8 Å². The topological polar surface area (TPSA) is 72.8 Å². The summed E-state index contributed by atoms with van der Waals surface area (Å²) in [5.41, 5.74) is -1.67. The Bertz CT molecular complexity index is 485. The highest BCUT2D eigenvalue weighted by atomic mass is 16.6. The number of ketones is 1. The van der Waals surface area contributed by atoms with Crippen LogP contribution in [0.4, 0.5) is 0 Å². The third kappa shape index (κ3) is 7.18. The van der Waals surface area contributed by atoms with Gasteiger partial charge in [-0.3, -0.25) is 4.79 Å². The summed E-state index contributed by atoms with van der Waals surface area (Å²) in [5, 5.41) is 10.5. The zero-order chi connectivity index (χ0) is 20.0. The molecule has 0 rings (SSSR count). The second-order valence-corrected chi connectivity index (χ2v) is 8.28. The van der Waals surface area contributed by atoms with Crippen LogP contribution in [0.25, 0.3) is 0 Å². The monoisotopic (exact) mass is 356 g/mol. The van der Waals surface area contributed by atoms with Crippen LogP contribution >= 0.6 is 0 Å². The molecule has 0 heterocycles. The molecule has 0 unspecified atom stereocenters. The van der Waals surface area contributed by atoms with Crippen molar-refractivity contribution in [2.75, 3.05) is 7.11 Å². The van der Waals surface area contributed by atoms with Crippen LogP contribution in [0, 0.1) is 17.3 Å². The first-order valence-corrected chi connectivity index (χ1v) is 8.99. The summed E-state index contributed by atoms with van der Waals surface area (Å²) in [4.78, 5) is 25.0. The molecule has 0 aromatic heterocycles. The quantitative estimate of drug-likeness (QED) is 0.385. The fourth-order valence-electron chi connectivity index (χ4n) is 2.90. The minimum atomic E-state index is -1.04. The van der Waals surface area contributed by atoms with Gasteiger partial charge < -0.3 is 14.6 Å². The van der Waals surface area contributed by atoms with Gasteiger partial charge in [-0.2, -0.15) is 0 Å². The number of ether oxygens (including phenoxy) is 2. The molecule has 0 spiro atoms. The Balaban J connectivity index is 5.40. The molecule has 25 heavy (non-hydrogen) atoms. The number of carbonyl (C=O) groups is 2. The van der Waals surface area contributed by atoms with E-state index in [0.29, 0.717) is 0 Å². The van der Waals surface area contributed by atoms with Gasteiger partial charge in [-0.1, -0.05) is 27.2 Å². The van der Waals surface area contributed by atoms with Crippen LogP contribution in [-0.2, 0) is 19.1 Å². The standard InChI is InChI=1S/C20H36O5/c1-10-11-13(2)17(22)14(3)18(23)20(7,8)15(24-9)12-16(21)25-19(4,5)6/h12-14,17,22H,10-11H2,1-9H3/b15-12-/t13-,14+,17-/m0/s1. The van der Waals surface area contributed by atoms with Crippen LogP contribution in [0.2, 0.25) is 0 Å². The number of esters is 1. The predicted molar refractivity (Wildman–Crippen MR) is 99.0 cm³/mol. The second kappa shape index (κ2) is 9.37. The lowest BCUT2D eigenvalue weighted by Crippen LogP contribution is -2.40. The third-order valence-electron chi connectivity index (χ3n) is 4.36. The molecule has 0 aromatic rings. The molecule has 5 nitrogen and oxygen atoms in total. The Morgan fingerprint density at radius 1 is 1.12 bits per heavy atom. The van der Waals surface area contributed by atoms with E-state index in [9.17, 15) is 14.7 Å². The number of allylic oxidation sites excluding steroid dienone is 1. The predicted octanol–water partition coefficient (Wildman–Crippen LogP) is 3.89. The first-order chi connectivity index (χ1) is 11.3. The second-order valence-electron chi connectivity index (χ2n) is 8.28. The molecule has 0 aliphatic heterocycles. The van der Waals surface area contributed by atoms with Gasteiger partial charge in [-0.05, 0) is 47.0 Å². The number of Topliss-reactive ketones (excluding diaryl/α,β-unsaturated/α-hetero) is 1. The molecule has 0 saturated carbocycles. The number of rotatable bonds is 9. The Hall–Kier alpha value is -1.36. The summed E-state index contributed by atoms with van der Waals surface area (Å²) in [6.07, 6.45) is 2.29. The smallest absolute Gasteiger partial charge is 0.334 e. The molecule has 0 saturated heterocycles. The molecular weight excluding hydrogens is 320 g/mol. The average Bonchev–Trinajstić information content (AvgIpc) is 2.48. The van der Waals surface area contributed by atoms with Crippen molar-refractivity contribution in [3.05, 3.63) is 11.8 Å². The van der Waals surface area contributed by atoms with Gasteiger partial charge in [0, 0.05) is 5.92 Å². The fourth-order valence-corrected chi connectivity index (χ4v) is 2.90. The molecule has 3 atom stereocenters. The third-order valence-corrected chi connectivity index (χ3v) is 4.36. The van der Waals surface area contributed by atoms with E-state index in [1.807, 2.05) is 13.8 Å². The van der Waals surface area contributed by atoms with Gasteiger partial charge in [0.25, 0.3) is 0 Å². The summed E-state index contributed by atoms with van der Waals surface area (Å²) >= 11 is 0. The van der Waals surface area contributed by atoms with E-state index in [-0.39, 0.29) is 17.5 Å². The van der Waals surface area contributed by atoms with Crippen LogP contribution in [0.5, 0.6) is 0 Å². The molecule has 0 aliphatic carbocycles. The summed E-state index contributed by atoms with van der Waals surface area (Å²) in [7, 11) is 1.42. The lowest BCUT2D eigenvalue weighted by molar-refractivity contribution is -0.148. The molecular formula is C20H36O5. The lowest BCUT2D eigenvalue weighted by Gasteiger charge is -2.32. The summed E-state index contributed by atoms with van der Waals surface area (Å²) in [6, 6.07) is 0. The highest BCUT2D eigenvalue weighted by Crippen LogP contribution is 2.33. The van der Waals surface area contributed by atoms with Crippen molar-refractivity contribution < 1.29 is 24.2 Å². The molecule has 0 aliphatic rings. The van der Waals surface area contributed by atoms with E-state index in [1.165, 1.54) is 13.2 Å².